The first-order valence-corrected chi connectivity index (χ1v) is 3.70. The Morgan fingerprint density at radius 2 is 2.67 bits per heavy atom. The molecule has 9 heavy (non-hydrogen) atoms. The van der Waals surface area contributed by atoms with Crippen molar-refractivity contribution >= 4 is 16.5 Å². The van der Waals surface area contributed by atoms with Gasteiger partial charge in [0.1, 0.15) is 0 Å². The quantitative estimate of drug-likeness (QED) is 0.583. The number of hydrogen-bond donors (Lipinski definition) is 0. The Kier molecular flexibility index (Phi) is 2.05. The summed E-state index contributed by atoms with van der Waals surface area (Å²) in [5.41, 5.74) is 0. The number of rotatable bonds is 2. The maximum Gasteiger partial charge on any atom is 0.155 e. The molecule has 0 bridgehead atoms. The summed E-state index contributed by atoms with van der Waals surface area (Å²) in [6.45, 7) is 2.96. The molecule has 1 aromatic rings. The fourth-order valence-corrected chi connectivity index (χ4v) is 1.15. The van der Waals surface area contributed by atoms with Gasteiger partial charge in [0.25, 0.3) is 0 Å². The minimum Gasteiger partial charge on any atom is -0.501 e. The third kappa shape index (κ3) is 1.42. The van der Waals surface area contributed by atoms with Crippen LogP contribution in [0.15, 0.2) is 11.6 Å². The first-order chi connectivity index (χ1) is 4.34. The van der Waals surface area contributed by atoms with Gasteiger partial charge in [0.2, 0.25) is 0 Å². The lowest BCUT2D eigenvalue weighted by Crippen LogP contribution is -2.11. The molecule has 0 saturated carbocycles. The summed E-state index contributed by atoms with van der Waals surface area (Å²) >= 11 is 1.61. The molecule has 50 valence electrons. The van der Waals surface area contributed by atoms with Crippen LogP contribution in [0.5, 0.6) is 0 Å². The van der Waals surface area contributed by atoms with E-state index in [1.54, 1.807) is 17.5 Å². The molecule has 0 aliphatic rings. The molecule has 2 nitrogen and oxygen atoms in total. The minimum atomic E-state index is 0.910. The number of thiazole rings is 1. The zero-order valence-electron chi connectivity index (χ0n) is 5.37. The number of hydrogen-bond acceptors (Lipinski definition) is 3. The maximum atomic E-state index is 4.07. The molecule has 0 unspecified atom stereocenters. The summed E-state index contributed by atoms with van der Waals surface area (Å²) in [6.07, 6.45) is 1.79. The van der Waals surface area contributed by atoms with Gasteiger partial charge in [0, 0.05) is 11.6 Å². The summed E-state index contributed by atoms with van der Waals surface area (Å²) in [5, 5.41) is 2.93. The van der Waals surface area contributed by atoms with Gasteiger partial charge < -0.3 is 4.90 Å². The second-order valence-corrected chi connectivity index (χ2v) is 2.54. The highest BCUT2D eigenvalue weighted by Gasteiger charge is 1.90. The Labute approximate surface area is 59.1 Å². The van der Waals surface area contributed by atoms with E-state index in [9.17, 15) is 0 Å². The van der Waals surface area contributed by atoms with Gasteiger partial charge in [0.15, 0.2) is 5.13 Å². The van der Waals surface area contributed by atoms with Gasteiger partial charge in [-0.15, -0.1) is 11.3 Å². The molecule has 0 aromatic carbocycles. The van der Waals surface area contributed by atoms with Crippen molar-refractivity contribution in [3.05, 3.63) is 18.6 Å². The molecule has 0 aliphatic carbocycles. The van der Waals surface area contributed by atoms with E-state index in [0.717, 1.165) is 11.7 Å². The van der Waals surface area contributed by atoms with Gasteiger partial charge in [-0.3, -0.25) is 7.05 Å². The SMILES string of the molecule is [CH2-]N(CC)c1nccs1. The highest BCUT2D eigenvalue weighted by molar-refractivity contribution is 7.13. The summed E-state index contributed by atoms with van der Waals surface area (Å²) in [6, 6.07) is 0. The van der Waals surface area contributed by atoms with E-state index in [4.69, 9.17) is 0 Å². The van der Waals surface area contributed by atoms with Crippen LogP contribution in [0.1, 0.15) is 6.92 Å². The molecule has 0 spiro atoms. The normalized spacial score (nSPS) is 9.56. The van der Waals surface area contributed by atoms with Crippen LogP contribution in [0.3, 0.4) is 0 Å². The average Bonchev–Trinajstić information content (AvgIpc) is 2.37. The fraction of sp³-hybridized carbons (Fsp3) is 0.333. The summed E-state index contributed by atoms with van der Waals surface area (Å²) in [7, 11) is 3.78. The number of anilines is 1. The van der Waals surface area contributed by atoms with Gasteiger partial charge in [-0.05, 0) is 13.5 Å². The van der Waals surface area contributed by atoms with E-state index in [1.807, 2.05) is 10.3 Å². The van der Waals surface area contributed by atoms with Crippen LogP contribution >= 0.6 is 11.3 Å². The monoisotopic (exact) mass is 141 g/mol. The first-order valence-electron chi connectivity index (χ1n) is 2.82. The minimum absolute atomic E-state index is 0.910. The maximum absolute atomic E-state index is 4.07. The third-order valence-electron chi connectivity index (χ3n) is 1.07. The molecule has 0 saturated heterocycles. The van der Waals surface area contributed by atoms with Crippen molar-refractivity contribution in [2.24, 2.45) is 0 Å². The highest BCUT2D eigenvalue weighted by Crippen LogP contribution is 2.14. The summed E-state index contributed by atoms with van der Waals surface area (Å²) < 4.78 is 0. The van der Waals surface area contributed by atoms with Crippen LogP contribution in [0.4, 0.5) is 5.13 Å². The lowest BCUT2D eigenvalue weighted by molar-refractivity contribution is 1.00. The van der Waals surface area contributed by atoms with Crippen molar-refractivity contribution in [2.45, 2.75) is 6.92 Å². The second kappa shape index (κ2) is 2.82. The van der Waals surface area contributed by atoms with Crippen molar-refractivity contribution in [1.29, 1.82) is 0 Å². The van der Waals surface area contributed by atoms with Crippen LogP contribution in [-0.2, 0) is 0 Å². The largest absolute Gasteiger partial charge is 0.501 e. The van der Waals surface area contributed by atoms with Crippen LogP contribution in [-0.4, -0.2) is 11.5 Å². The Bertz CT molecular complexity index is 160. The molecule has 1 heterocycles. The van der Waals surface area contributed by atoms with Crippen molar-refractivity contribution in [2.75, 3.05) is 11.4 Å². The molecule has 0 radical (unpaired) electrons. The molecule has 1 aromatic heterocycles. The lowest BCUT2D eigenvalue weighted by Gasteiger charge is -2.21. The smallest absolute Gasteiger partial charge is 0.155 e. The van der Waals surface area contributed by atoms with E-state index in [1.165, 1.54) is 0 Å². The first kappa shape index (κ1) is 6.55. The van der Waals surface area contributed by atoms with E-state index >= 15 is 0 Å². The zero-order valence-corrected chi connectivity index (χ0v) is 6.19. The molecule has 0 atom stereocenters. The molecular formula is C6H9N2S-. The van der Waals surface area contributed by atoms with Crippen molar-refractivity contribution in [3.8, 4) is 0 Å². The third-order valence-corrected chi connectivity index (χ3v) is 1.90. The molecule has 1 rings (SSSR count). The van der Waals surface area contributed by atoms with Gasteiger partial charge in [-0.25, -0.2) is 4.98 Å². The molecule has 3 heteroatoms. The number of aromatic nitrogens is 1. The predicted octanol–water partition coefficient (Wildman–Crippen LogP) is 1.76. The Hall–Kier alpha value is -0.570. The predicted molar refractivity (Wildman–Crippen MR) is 40.5 cm³/mol. The van der Waals surface area contributed by atoms with Crippen LogP contribution in [0.2, 0.25) is 0 Å². The van der Waals surface area contributed by atoms with Crippen molar-refractivity contribution in [3.63, 3.8) is 0 Å². The molecule has 0 N–H and O–H groups in total. The Morgan fingerprint density at radius 1 is 1.89 bits per heavy atom. The van der Waals surface area contributed by atoms with E-state index in [0.29, 0.717) is 0 Å². The highest BCUT2D eigenvalue weighted by atomic mass is 32.1. The van der Waals surface area contributed by atoms with Gasteiger partial charge in [-0.2, -0.15) is 0 Å². The van der Waals surface area contributed by atoms with Crippen LogP contribution in [0.25, 0.3) is 0 Å². The molecule has 0 amide bonds. The summed E-state index contributed by atoms with van der Waals surface area (Å²) in [5.74, 6) is 0. The molecular weight excluding hydrogens is 132 g/mol. The second-order valence-electron chi connectivity index (χ2n) is 1.67. The van der Waals surface area contributed by atoms with Crippen LogP contribution < -0.4 is 4.90 Å². The number of nitrogens with zero attached hydrogens (tertiary/aromatic N) is 2. The molecule has 0 aliphatic heterocycles. The van der Waals surface area contributed by atoms with Gasteiger partial charge in [0.05, 0.1) is 0 Å². The van der Waals surface area contributed by atoms with E-state index in [2.05, 4.69) is 19.0 Å². The van der Waals surface area contributed by atoms with Crippen molar-refractivity contribution < 1.29 is 0 Å². The molecule has 0 fully saturated rings. The van der Waals surface area contributed by atoms with E-state index in [-0.39, 0.29) is 0 Å². The summed E-state index contributed by atoms with van der Waals surface area (Å²) in [4.78, 5) is 5.93. The van der Waals surface area contributed by atoms with Crippen molar-refractivity contribution in [1.82, 2.24) is 4.98 Å². The standard InChI is InChI=1S/C6H9N2S/c1-3-8(2)6-7-4-5-9-6/h4-5H,2-3H2,1H3/q-1. The lowest BCUT2D eigenvalue weighted by atomic mass is 10.7. The Morgan fingerprint density at radius 3 is 3.11 bits per heavy atom. The fourth-order valence-electron chi connectivity index (χ4n) is 0.507. The Balaban J connectivity index is 2.65. The zero-order chi connectivity index (χ0) is 6.69. The van der Waals surface area contributed by atoms with Gasteiger partial charge >= 0.3 is 0 Å². The van der Waals surface area contributed by atoms with Crippen LogP contribution in [0, 0.1) is 7.05 Å². The topological polar surface area (TPSA) is 16.1 Å². The van der Waals surface area contributed by atoms with Gasteiger partial charge in [-0.1, -0.05) is 0 Å². The van der Waals surface area contributed by atoms with E-state index < -0.39 is 0 Å². The average molecular weight is 141 g/mol.